The molecule has 0 amide bonds. The maximum absolute atomic E-state index is 11.4. The fourth-order valence-electron chi connectivity index (χ4n) is 3.68. The fraction of sp³-hybridized carbons (Fsp3) is 0.600. The third-order valence-electron chi connectivity index (χ3n) is 4.53. The quantitative estimate of drug-likeness (QED) is 0.541. The maximum Gasteiger partial charge on any atom is 0.147 e. The van der Waals surface area contributed by atoms with Gasteiger partial charge in [-0.1, -0.05) is 38.8 Å². The molecule has 2 nitrogen and oxygen atoms in total. The number of carbonyl (C=O) groups is 2. The molecule has 1 atom stereocenters. The number of carbonyl (C=O) groups excluding carboxylic acids is 2. The first-order chi connectivity index (χ1) is 7.95. The predicted molar refractivity (Wildman–Crippen MR) is 67.6 cm³/mol. The van der Waals surface area contributed by atoms with E-state index in [0.29, 0.717) is 12.0 Å². The van der Waals surface area contributed by atoms with E-state index in [-0.39, 0.29) is 10.8 Å². The van der Waals surface area contributed by atoms with Crippen molar-refractivity contribution in [2.75, 3.05) is 0 Å². The van der Waals surface area contributed by atoms with Gasteiger partial charge in [0.25, 0.3) is 0 Å². The summed E-state index contributed by atoms with van der Waals surface area (Å²) < 4.78 is 0. The Labute approximate surface area is 103 Å². The third kappa shape index (κ3) is 1.70. The Morgan fingerprint density at radius 3 is 2.41 bits per heavy atom. The van der Waals surface area contributed by atoms with Crippen molar-refractivity contribution in [1.29, 1.82) is 0 Å². The number of aldehydes is 2. The van der Waals surface area contributed by atoms with E-state index >= 15 is 0 Å². The minimum atomic E-state index is -0.210. The van der Waals surface area contributed by atoms with Crippen LogP contribution in [-0.2, 0) is 9.59 Å². The van der Waals surface area contributed by atoms with E-state index in [1.165, 1.54) is 5.57 Å². The molecule has 0 aromatic heterocycles. The van der Waals surface area contributed by atoms with Crippen molar-refractivity contribution >= 4 is 12.6 Å². The van der Waals surface area contributed by atoms with Gasteiger partial charge in [-0.3, -0.25) is 9.59 Å². The zero-order valence-corrected chi connectivity index (χ0v) is 10.9. The minimum absolute atomic E-state index is 0.148. The van der Waals surface area contributed by atoms with Gasteiger partial charge in [-0.15, -0.1) is 0 Å². The van der Waals surface area contributed by atoms with Crippen LogP contribution in [0.3, 0.4) is 0 Å². The lowest BCUT2D eigenvalue weighted by Gasteiger charge is -2.48. The Morgan fingerprint density at radius 1 is 1.12 bits per heavy atom. The van der Waals surface area contributed by atoms with E-state index in [9.17, 15) is 9.59 Å². The second-order valence-corrected chi connectivity index (χ2v) is 6.07. The van der Waals surface area contributed by atoms with Crippen molar-refractivity contribution in [3.8, 4) is 0 Å². The summed E-state index contributed by atoms with van der Waals surface area (Å²) in [7, 11) is 0. The SMILES string of the molecule is CC1(C)CCCC2(C)C1=CCC(C=O)=C2C=O. The van der Waals surface area contributed by atoms with E-state index in [2.05, 4.69) is 26.8 Å². The van der Waals surface area contributed by atoms with Gasteiger partial charge in [0.1, 0.15) is 12.6 Å². The van der Waals surface area contributed by atoms with Crippen molar-refractivity contribution in [2.45, 2.75) is 46.5 Å². The first-order valence-corrected chi connectivity index (χ1v) is 6.31. The smallest absolute Gasteiger partial charge is 0.147 e. The highest BCUT2D eigenvalue weighted by molar-refractivity contribution is 5.90. The summed E-state index contributed by atoms with van der Waals surface area (Å²) in [5.41, 5.74) is 2.68. The lowest BCUT2D eigenvalue weighted by molar-refractivity contribution is -0.108. The van der Waals surface area contributed by atoms with Crippen LogP contribution in [0.4, 0.5) is 0 Å². The molecule has 1 saturated carbocycles. The molecule has 0 heterocycles. The normalized spacial score (nSPS) is 31.6. The number of hydrogen-bond donors (Lipinski definition) is 0. The van der Waals surface area contributed by atoms with Crippen LogP contribution in [-0.4, -0.2) is 12.6 Å². The van der Waals surface area contributed by atoms with Crippen LogP contribution in [0.15, 0.2) is 22.8 Å². The lowest BCUT2D eigenvalue weighted by Crippen LogP contribution is -2.38. The van der Waals surface area contributed by atoms with Gasteiger partial charge in [0.05, 0.1) is 0 Å². The van der Waals surface area contributed by atoms with Crippen molar-refractivity contribution in [3.63, 3.8) is 0 Å². The average molecular weight is 232 g/mol. The van der Waals surface area contributed by atoms with Crippen molar-refractivity contribution in [1.82, 2.24) is 0 Å². The van der Waals surface area contributed by atoms with Gasteiger partial charge in [0.2, 0.25) is 0 Å². The van der Waals surface area contributed by atoms with Gasteiger partial charge in [0.15, 0.2) is 0 Å². The molecule has 0 aliphatic heterocycles. The average Bonchev–Trinajstić information content (AvgIpc) is 2.26. The van der Waals surface area contributed by atoms with E-state index in [4.69, 9.17) is 0 Å². The summed E-state index contributed by atoms with van der Waals surface area (Å²) >= 11 is 0. The lowest BCUT2D eigenvalue weighted by atomic mass is 9.55. The van der Waals surface area contributed by atoms with Crippen LogP contribution in [0.25, 0.3) is 0 Å². The third-order valence-corrected chi connectivity index (χ3v) is 4.53. The molecule has 2 heteroatoms. The van der Waals surface area contributed by atoms with Crippen LogP contribution >= 0.6 is 0 Å². The van der Waals surface area contributed by atoms with Crippen molar-refractivity contribution in [2.24, 2.45) is 10.8 Å². The Balaban J connectivity index is 2.55. The number of allylic oxidation sites excluding steroid dienone is 4. The van der Waals surface area contributed by atoms with Crippen molar-refractivity contribution < 1.29 is 9.59 Å². The van der Waals surface area contributed by atoms with Crippen LogP contribution in [0.2, 0.25) is 0 Å². The molecule has 92 valence electrons. The van der Waals surface area contributed by atoms with E-state index in [1.54, 1.807) is 0 Å². The van der Waals surface area contributed by atoms with Crippen molar-refractivity contribution in [3.05, 3.63) is 22.8 Å². The Morgan fingerprint density at radius 2 is 1.82 bits per heavy atom. The molecule has 0 aromatic carbocycles. The highest BCUT2D eigenvalue weighted by Gasteiger charge is 2.45. The molecule has 2 aliphatic rings. The highest BCUT2D eigenvalue weighted by Crippen LogP contribution is 2.56. The molecule has 0 bridgehead atoms. The van der Waals surface area contributed by atoms with Crippen LogP contribution in [0.5, 0.6) is 0 Å². The van der Waals surface area contributed by atoms with Crippen LogP contribution in [0, 0.1) is 10.8 Å². The zero-order valence-electron chi connectivity index (χ0n) is 10.9. The second-order valence-electron chi connectivity index (χ2n) is 6.07. The summed E-state index contributed by atoms with van der Waals surface area (Å²) in [5, 5.41) is 0. The summed E-state index contributed by atoms with van der Waals surface area (Å²) in [4.78, 5) is 22.4. The molecular formula is C15H20O2. The van der Waals surface area contributed by atoms with Gasteiger partial charge in [-0.05, 0) is 24.7 Å². The Hall–Kier alpha value is -1.18. The highest BCUT2D eigenvalue weighted by atomic mass is 16.1. The Kier molecular flexibility index (Phi) is 2.84. The molecule has 0 aromatic rings. The van der Waals surface area contributed by atoms with Gasteiger partial charge >= 0.3 is 0 Å². The molecule has 2 rings (SSSR count). The van der Waals surface area contributed by atoms with Crippen LogP contribution < -0.4 is 0 Å². The molecule has 0 spiro atoms. The summed E-state index contributed by atoms with van der Waals surface area (Å²) in [6, 6.07) is 0. The largest absolute Gasteiger partial charge is 0.298 e. The molecule has 0 saturated heterocycles. The number of fused-ring (bicyclic) bond motifs is 1. The zero-order chi connectivity index (χ0) is 12.7. The first kappa shape index (κ1) is 12.3. The number of rotatable bonds is 2. The standard InChI is InChI=1S/C15H20O2/c1-14(2)7-4-8-15(3)12(10-17)11(9-16)5-6-13(14)15/h6,9-10H,4-5,7-8H2,1-3H3. The van der Waals surface area contributed by atoms with Gasteiger partial charge in [0, 0.05) is 16.6 Å². The minimum Gasteiger partial charge on any atom is -0.298 e. The fourth-order valence-corrected chi connectivity index (χ4v) is 3.68. The predicted octanol–water partition coefficient (Wildman–Crippen LogP) is 3.23. The topological polar surface area (TPSA) is 34.1 Å². The molecule has 0 radical (unpaired) electrons. The van der Waals surface area contributed by atoms with E-state index in [1.807, 2.05) is 0 Å². The van der Waals surface area contributed by atoms with Gasteiger partial charge in [-0.25, -0.2) is 0 Å². The van der Waals surface area contributed by atoms with E-state index in [0.717, 1.165) is 37.4 Å². The van der Waals surface area contributed by atoms with E-state index < -0.39 is 0 Å². The molecule has 17 heavy (non-hydrogen) atoms. The first-order valence-electron chi connectivity index (χ1n) is 6.31. The van der Waals surface area contributed by atoms with Gasteiger partial charge in [-0.2, -0.15) is 0 Å². The summed E-state index contributed by atoms with van der Waals surface area (Å²) in [6.45, 7) is 6.60. The van der Waals surface area contributed by atoms with Crippen LogP contribution in [0.1, 0.15) is 46.5 Å². The summed E-state index contributed by atoms with van der Waals surface area (Å²) in [5.74, 6) is 0. The summed E-state index contributed by atoms with van der Waals surface area (Å²) in [6.07, 6.45) is 7.80. The maximum atomic E-state index is 11.4. The molecule has 1 fully saturated rings. The molecule has 1 unspecified atom stereocenters. The monoisotopic (exact) mass is 232 g/mol. The molecule has 2 aliphatic carbocycles. The number of hydrogen-bond acceptors (Lipinski definition) is 2. The van der Waals surface area contributed by atoms with Gasteiger partial charge < -0.3 is 0 Å². The second kappa shape index (κ2) is 3.94. The molecular weight excluding hydrogens is 212 g/mol. The molecule has 0 N–H and O–H groups in total. The Bertz CT molecular complexity index is 426.